The van der Waals surface area contributed by atoms with Crippen molar-refractivity contribution < 1.29 is 14.2 Å². The molecule has 0 aliphatic rings. The van der Waals surface area contributed by atoms with E-state index in [0.717, 1.165) is 16.5 Å². The second-order valence-corrected chi connectivity index (χ2v) is 3.54. The van der Waals surface area contributed by atoms with Crippen LogP contribution in [0.5, 0.6) is 11.6 Å². The Balaban J connectivity index is 0.000000861. The molecule has 104 valence electrons. The van der Waals surface area contributed by atoms with Gasteiger partial charge < -0.3 is 14.2 Å². The van der Waals surface area contributed by atoms with Crippen LogP contribution in [0.25, 0.3) is 10.8 Å². The molecule has 0 atom stereocenters. The number of pyridine rings is 1. The van der Waals surface area contributed by atoms with Crippen LogP contribution >= 0.6 is 0 Å². The van der Waals surface area contributed by atoms with E-state index in [9.17, 15) is 0 Å². The van der Waals surface area contributed by atoms with Crippen LogP contribution < -0.4 is 9.47 Å². The Kier molecular flexibility index (Phi) is 6.68. The van der Waals surface area contributed by atoms with E-state index in [0.29, 0.717) is 19.1 Å². The Bertz CT molecular complexity index is 500. The molecule has 4 heteroatoms. The van der Waals surface area contributed by atoms with E-state index >= 15 is 0 Å². The van der Waals surface area contributed by atoms with Gasteiger partial charge in [0.15, 0.2) is 0 Å². The lowest BCUT2D eigenvalue weighted by Gasteiger charge is -2.08. The molecule has 4 nitrogen and oxygen atoms in total. The molecule has 1 aromatic carbocycles. The Morgan fingerprint density at radius 2 is 1.84 bits per heavy atom. The van der Waals surface area contributed by atoms with Crippen LogP contribution in [0.1, 0.15) is 13.8 Å². The summed E-state index contributed by atoms with van der Waals surface area (Å²) in [5, 5.41) is 2.03. The normalized spacial score (nSPS) is 9.68. The van der Waals surface area contributed by atoms with Gasteiger partial charge >= 0.3 is 0 Å². The topological polar surface area (TPSA) is 40.6 Å². The number of rotatable bonds is 5. The van der Waals surface area contributed by atoms with Gasteiger partial charge in [-0.05, 0) is 29.7 Å². The predicted octanol–water partition coefficient (Wildman–Crippen LogP) is 3.29. The Labute approximate surface area is 114 Å². The van der Waals surface area contributed by atoms with E-state index in [1.165, 1.54) is 0 Å². The predicted molar refractivity (Wildman–Crippen MR) is 77.0 cm³/mol. The lowest BCUT2D eigenvalue weighted by Crippen LogP contribution is -2.04. The number of ether oxygens (including phenoxy) is 3. The fraction of sp³-hybridized carbons (Fsp3) is 0.400. The van der Waals surface area contributed by atoms with E-state index in [1.807, 2.05) is 38.1 Å². The Morgan fingerprint density at radius 1 is 1.05 bits per heavy atom. The van der Waals surface area contributed by atoms with E-state index < -0.39 is 0 Å². The standard InChI is InChI=1S/C13H15NO3.C2H6/c1-15-7-8-17-11-3-4-12-10(9-11)5-6-14-13(12)16-2;1-2/h3-6,9H,7-8H2,1-2H3;1-2H3. The quantitative estimate of drug-likeness (QED) is 0.776. The van der Waals surface area contributed by atoms with Gasteiger partial charge in [0, 0.05) is 18.7 Å². The SMILES string of the molecule is CC.COCCOc1ccc2c(OC)nccc2c1. The Hall–Kier alpha value is -1.81. The summed E-state index contributed by atoms with van der Waals surface area (Å²) in [6, 6.07) is 7.75. The first-order valence-electron chi connectivity index (χ1n) is 6.39. The average Bonchev–Trinajstić information content (AvgIpc) is 2.48. The van der Waals surface area contributed by atoms with E-state index in [-0.39, 0.29) is 0 Å². The smallest absolute Gasteiger partial charge is 0.221 e. The molecule has 0 radical (unpaired) electrons. The molecule has 1 aromatic heterocycles. The molecular formula is C15H21NO3. The second-order valence-electron chi connectivity index (χ2n) is 3.54. The highest BCUT2D eigenvalue weighted by atomic mass is 16.5. The summed E-state index contributed by atoms with van der Waals surface area (Å²) in [5.41, 5.74) is 0. The van der Waals surface area contributed by atoms with Gasteiger partial charge in [0.1, 0.15) is 12.4 Å². The summed E-state index contributed by atoms with van der Waals surface area (Å²) in [6.07, 6.45) is 1.72. The summed E-state index contributed by atoms with van der Waals surface area (Å²) < 4.78 is 15.7. The zero-order chi connectivity index (χ0) is 14.1. The van der Waals surface area contributed by atoms with Gasteiger partial charge in [-0.1, -0.05) is 13.8 Å². The molecule has 0 amide bonds. The highest BCUT2D eigenvalue weighted by molar-refractivity contribution is 5.87. The second kappa shape index (κ2) is 8.32. The lowest BCUT2D eigenvalue weighted by molar-refractivity contribution is 0.146. The van der Waals surface area contributed by atoms with Crippen molar-refractivity contribution in [1.82, 2.24) is 4.98 Å². The van der Waals surface area contributed by atoms with Crippen LogP contribution in [0.2, 0.25) is 0 Å². The highest BCUT2D eigenvalue weighted by Gasteiger charge is 2.03. The fourth-order valence-corrected chi connectivity index (χ4v) is 1.62. The molecule has 0 aliphatic carbocycles. The maximum atomic E-state index is 5.54. The van der Waals surface area contributed by atoms with Crippen molar-refractivity contribution in [2.75, 3.05) is 27.4 Å². The molecular weight excluding hydrogens is 242 g/mol. The van der Waals surface area contributed by atoms with Gasteiger partial charge in [0.05, 0.1) is 13.7 Å². The number of methoxy groups -OCH3 is 2. The van der Waals surface area contributed by atoms with Gasteiger partial charge in [-0.3, -0.25) is 0 Å². The maximum absolute atomic E-state index is 5.54. The number of hydrogen-bond donors (Lipinski definition) is 0. The molecule has 0 N–H and O–H groups in total. The number of aromatic nitrogens is 1. The van der Waals surface area contributed by atoms with Crippen molar-refractivity contribution in [2.45, 2.75) is 13.8 Å². The highest BCUT2D eigenvalue weighted by Crippen LogP contribution is 2.26. The molecule has 0 unspecified atom stereocenters. The number of nitrogens with zero attached hydrogens (tertiary/aromatic N) is 1. The minimum absolute atomic E-state index is 0.546. The average molecular weight is 263 g/mol. The van der Waals surface area contributed by atoms with Crippen molar-refractivity contribution in [3.05, 3.63) is 30.5 Å². The van der Waals surface area contributed by atoms with Crippen molar-refractivity contribution in [3.8, 4) is 11.6 Å². The number of hydrogen-bond acceptors (Lipinski definition) is 4. The van der Waals surface area contributed by atoms with Gasteiger partial charge in [0.25, 0.3) is 0 Å². The van der Waals surface area contributed by atoms with E-state index in [1.54, 1.807) is 20.4 Å². The van der Waals surface area contributed by atoms with Crippen molar-refractivity contribution in [3.63, 3.8) is 0 Å². The third kappa shape index (κ3) is 4.10. The summed E-state index contributed by atoms with van der Waals surface area (Å²) >= 11 is 0. The van der Waals surface area contributed by atoms with Crippen LogP contribution in [-0.2, 0) is 4.74 Å². The van der Waals surface area contributed by atoms with Crippen LogP contribution in [0.3, 0.4) is 0 Å². The third-order valence-corrected chi connectivity index (χ3v) is 2.45. The molecule has 0 saturated carbocycles. The zero-order valence-electron chi connectivity index (χ0n) is 12.0. The first kappa shape index (κ1) is 15.2. The van der Waals surface area contributed by atoms with Crippen molar-refractivity contribution >= 4 is 10.8 Å². The van der Waals surface area contributed by atoms with Crippen molar-refractivity contribution in [1.29, 1.82) is 0 Å². The van der Waals surface area contributed by atoms with Gasteiger partial charge in [0.2, 0.25) is 5.88 Å². The summed E-state index contributed by atoms with van der Waals surface area (Å²) in [7, 11) is 3.27. The number of fused-ring (bicyclic) bond motifs is 1. The molecule has 0 spiro atoms. The number of benzene rings is 1. The Morgan fingerprint density at radius 3 is 2.53 bits per heavy atom. The van der Waals surface area contributed by atoms with Gasteiger partial charge in [-0.2, -0.15) is 0 Å². The monoisotopic (exact) mass is 263 g/mol. The minimum atomic E-state index is 0.546. The summed E-state index contributed by atoms with van der Waals surface area (Å²) in [6.45, 7) is 5.13. The molecule has 19 heavy (non-hydrogen) atoms. The van der Waals surface area contributed by atoms with Crippen LogP contribution in [-0.4, -0.2) is 32.4 Å². The lowest BCUT2D eigenvalue weighted by atomic mass is 10.1. The van der Waals surface area contributed by atoms with Crippen LogP contribution in [0, 0.1) is 0 Å². The largest absolute Gasteiger partial charge is 0.491 e. The van der Waals surface area contributed by atoms with E-state index in [2.05, 4.69) is 4.98 Å². The first-order chi connectivity index (χ1) is 9.35. The van der Waals surface area contributed by atoms with Gasteiger partial charge in [-0.25, -0.2) is 4.98 Å². The van der Waals surface area contributed by atoms with Crippen LogP contribution in [0.4, 0.5) is 0 Å². The summed E-state index contributed by atoms with van der Waals surface area (Å²) in [5.74, 6) is 1.45. The zero-order valence-corrected chi connectivity index (χ0v) is 12.0. The first-order valence-corrected chi connectivity index (χ1v) is 6.39. The minimum Gasteiger partial charge on any atom is -0.491 e. The van der Waals surface area contributed by atoms with Crippen molar-refractivity contribution in [2.24, 2.45) is 0 Å². The third-order valence-electron chi connectivity index (χ3n) is 2.45. The van der Waals surface area contributed by atoms with E-state index in [4.69, 9.17) is 14.2 Å². The molecule has 0 aliphatic heterocycles. The molecule has 0 saturated heterocycles. The summed E-state index contributed by atoms with van der Waals surface area (Å²) in [4.78, 5) is 4.15. The van der Waals surface area contributed by atoms with Crippen LogP contribution in [0.15, 0.2) is 30.5 Å². The fourth-order valence-electron chi connectivity index (χ4n) is 1.62. The molecule has 0 bridgehead atoms. The molecule has 0 fully saturated rings. The van der Waals surface area contributed by atoms with Gasteiger partial charge in [-0.15, -0.1) is 0 Å². The maximum Gasteiger partial charge on any atom is 0.221 e. The molecule has 1 heterocycles. The molecule has 2 rings (SSSR count). The molecule has 2 aromatic rings.